The van der Waals surface area contributed by atoms with E-state index in [1.165, 1.54) is 0 Å². The SMILES string of the molecule is CCOC(=O)c1c(-c2ccccc2)c(C#N)nn(-c2ccc(Cl)cc2)c1=O. The van der Waals surface area contributed by atoms with Crippen molar-refractivity contribution in [2.45, 2.75) is 6.92 Å². The zero-order valence-electron chi connectivity index (χ0n) is 14.3. The molecule has 0 saturated heterocycles. The third kappa shape index (κ3) is 3.59. The van der Waals surface area contributed by atoms with E-state index in [2.05, 4.69) is 5.10 Å². The Labute approximate surface area is 160 Å². The third-order valence-corrected chi connectivity index (χ3v) is 4.06. The number of ether oxygens (including phenoxy) is 1. The van der Waals surface area contributed by atoms with Crippen molar-refractivity contribution in [3.63, 3.8) is 0 Å². The molecule has 0 N–H and O–H groups in total. The lowest BCUT2D eigenvalue weighted by molar-refractivity contribution is 0.0524. The van der Waals surface area contributed by atoms with Crippen molar-refractivity contribution >= 4 is 17.6 Å². The van der Waals surface area contributed by atoms with E-state index in [1.54, 1.807) is 61.5 Å². The molecule has 7 heteroatoms. The van der Waals surface area contributed by atoms with Gasteiger partial charge in [0.15, 0.2) is 5.69 Å². The van der Waals surface area contributed by atoms with Crippen LogP contribution >= 0.6 is 11.6 Å². The predicted octanol–water partition coefficient (Wildman–Crippen LogP) is 3.60. The topological polar surface area (TPSA) is 85.0 Å². The van der Waals surface area contributed by atoms with Crippen molar-refractivity contribution in [1.29, 1.82) is 5.26 Å². The molecular formula is C20H14ClN3O3. The standard InChI is InChI=1S/C20H14ClN3O3/c1-2-27-20(26)18-17(13-6-4-3-5-7-13)16(12-22)23-24(19(18)25)15-10-8-14(21)9-11-15/h3-11H,2H2,1H3. The van der Waals surface area contributed by atoms with Gasteiger partial charge in [-0.1, -0.05) is 41.9 Å². The van der Waals surface area contributed by atoms with E-state index in [9.17, 15) is 14.9 Å². The average Bonchev–Trinajstić information content (AvgIpc) is 2.69. The van der Waals surface area contributed by atoms with Gasteiger partial charge < -0.3 is 4.74 Å². The molecule has 0 aliphatic rings. The number of nitriles is 1. The van der Waals surface area contributed by atoms with Gasteiger partial charge in [-0.2, -0.15) is 15.0 Å². The summed E-state index contributed by atoms with van der Waals surface area (Å²) in [5.41, 5.74) is 0.111. The first-order valence-corrected chi connectivity index (χ1v) is 8.50. The largest absolute Gasteiger partial charge is 0.462 e. The van der Waals surface area contributed by atoms with Crippen LogP contribution in [0.25, 0.3) is 16.8 Å². The molecule has 2 aromatic carbocycles. The van der Waals surface area contributed by atoms with Gasteiger partial charge in [-0.3, -0.25) is 4.79 Å². The molecule has 0 spiro atoms. The van der Waals surface area contributed by atoms with Crippen LogP contribution in [0.1, 0.15) is 23.0 Å². The molecule has 6 nitrogen and oxygen atoms in total. The molecule has 134 valence electrons. The van der Waals surface area contributed by atoms with Crippen LogP contribution in [-0.4, -0.2) is 22.4 Å². The summed E-state index contributed by atoms with van der Waals surface area (Å²) in [6.45, 7) is 1.74. The number of rotatable bonds is 4. The lowest BCUT2D eigenvalue weighted by atomic mass is 9.99. The minimum atomic E-state index is -0.803. The molecule has 0 radical (unpaired) electrons. The molecule has 0 atom stereocenters. The van der Waals surface area contributed by atoms with E-state index in [4.69, 9.17) is 16.3 Å². The number of esters is 1. The average molecular weight is 380 g/mol. The van der Waals surface area contributed by atoms with Crippen LogP contribution < -0.4 is 5.56 Å². The number of halogens is 1. The molecule has 3 rings (SSSR count). The lowest BCUT2D eigenvalue weighted by Crippen LogP contribution is -2.30. The van der Waals surface area contributed by atoms with E-state index in [-0.39, 0.29) is 23.4 Å². The summed E-state index contributed by atoms with van der Waals surface area (Å²) >= 11 is 5.89. The van der Waals surface area contributed by atoms with Crippen LogP contribution in [0.15, 0.2) is 59.4 Å². The van der Waals surface area contributed by atoms with Crippen LogP contribution in [0.5, 0.6) is 0 Å². The van der Waals surface area contributed by atoms with E-state index in [1.807, 2.05) is 6.07 Å². The number of carbonyl (C=O) groups excluding carboxylic acids is 1. The molecule has 3 aromatic rings. The van der Waals surface area contributed by atoms with E-state index in [0.717, 1.165) is 4.68 Å². The minimum absolute atomic E-state index is 0.0567. The number of benzene rings is 2. The maximum atomic E-state index is 13.1. The molecule has 0 aliphatic heterocycles. The maximum Gasteiger partial charge on any atom is 0.344 e. The molecule has 27 heavy (non-hydrogen) atoms. The number of carbonyl (C=O) groups is 1. The summed E-state index contributed by atoms with van der Waals surface area (Å²) < 4.78 is 6.08. The van der Waals surface area contributed by atoms with Gasteiger partial charge in [0.05, 0.1) is 12.3 Å². The monoisotopic (exact) mass is 379 g/mol. The van der Waals surface area contributed by atoms with E-state index >= 15 is 0 Å². The Kier molecular flexibility index (Phi) is 5.34. The molecule has 0 amide bonds. The summed E-state index contributed by atoms with van der Waals surface area (Å²) in [5.74, 6) is -0.803. The van der Waals surface area contributed by atoms with Crippen molar-refractivity contribution in [3.05, 3.63) is 81.2 Å². The fourth-order valence-electron chi connectivity index (χ4n) is 2.64. The Morgan fingerprint density at radius 2 is 1.85 bits per heavy atom. The van der Waals surface area contributed by atoms with Crippen molar-refractivity contribution in [2.75, 3.05) is 6.61 Å². The first kappa shape index (κ1) is 18.4. The smallest absolute Gasteiger partial charge is 0.344 e. The van der Waals surface area contributed by atoms with Crippen molar-refractivity contribution in [3.8, 4) is 22.9 Å². The van der Waals surface area contributed by atoms with Gasteiger partial charge in [0.1, 0.15) is 11.6 Å². The molecular weight excluding hydrogens is 366 g/mol. The van der Waals surface area contributed by atoms with E-state index < -0.39 is 11.5 Å². The molecule has 0 unspecified atom stereocenters. The Bertz CT molecular complexity index is 1080. The molecule has 0 aliphatic carbocycles. The third-order valence-electron chi connectivity index (χ3n) is 3.81. The molecule has 0 fully saturated rings. The highest BCUT2D eigenvalue weighted by Crippen LogP contribution is 2.25. The first-order valence-electron chi connectivity index (χ1n) is 8.12. The highest BCUT2D eigenvalue weighted by atomic mass is 35.5. The molecule has 1 aromatic heterocycles. The maximum absolute atomic E-state index is 13.1. The Morgan fingerprint density at radius 3 is 2.44 bits per heavy atom. The second-order valence-electron chi connectivity index (χ2n) is 5.49. The van der Waals surface area contributed by atoms with Gasteiger partial charge in [0, 0.05) is 10.6 Å². The normalized spacial score (nSPS) is 10.3. The van der Waals surface area contributed by atoms with Crippen LogP contribution in [0, 0.1) is 11.3 Å². The number of hydrogen-bond donors (Lipinski definition) is 0. The quantitative estimate of drug-likeness (QED) is 0.646. The fourth-order valence-corrected chi connectivity index (χ4v) is 2.77. The van der Waals surface area contributed by atoms with E-state index in [0.29, 0.717) is 16.3 Å². The predicted molar refractivity (Wildman–Crippen MR) is 101 cm³/mol. The van der Waals surface area contributed by atoms with Crippen molar-refractivity contribution in [1.82, 2.24) is 9.78 Å². The number of hydrogen-bond acceptors (Lipinski definition) is 5. The lowest BCUT2D eigenvalue weighted by Gasteiger charge is -2.13. The second-order valence-corrected chi connectivity index (χ2v) is 5.93. The highest BCUT2D eigenvalue weighted by Gasteiger charge is 2.25. The zero-order chi connectivity index (χ0) is 19.4. The molecule has 0 saturated carbocycles. The van der Waals surface area contributed by atoms with Crippen molar-refractivity contribution in [2.24, 2.45) is 0 Å². The fraction of sp³-hybridized carbons (Fsp3) is 0.100. The summed E-state index contributed by atoms with van der Waals surface area (Å²) in [7, 11) is 0. The number of aromatic nitrogens is 2. The van der Waals surface area contributed by atoms with Gasteiger partial charge in [0.2, 0.25) is 0 Å². The van der Waals surface area contributed by atoms with Gasteiger partial charge in [-0.25, -0.2) is 4.79 Å². The van der Waals surface area contributed by atoms with Crippen LogP contribution in [0.2, 0.25) is 5.02 Å². The molecule has 0 bridgehead atoms. The first-order chi connectivity index (χ1) is 13.1. The van der Waals surface area contributed by atoms with Crippen molar-refractivity contribution < 1.29 is 9.53 Å². The van der Waals surface area contributed by atoms with Gasteiger partial charge in [-0.15, -0.1) is 0 Å². The second kappa shape index (κ2) is 7.85. The van der Waals surface area contributed by atoms with Gasteiger partial charge in [0.25, 0.3) is 5.56 Å². The van der Waals surface area contributed by atoms with Gasteiger partial charge >= 0.3 is 5.97 Å². The highest BCUT2D eigenvalue weighted by molar-refractivity contribution is 6.30. The zero-order valence-corrected chi connectivity index (χ0v) is 15.1. The van der Waals surface area contributed by atoms with Crippen LogP contribution in [0.4, 0.5) is 0 Å². The minimum Gasteiger partial charge on any atom is -0.462 e. The summed E-state index contributed by atoms with van der Waals surface area (Å²) in [4.78, 5) is 25.7. The Balaban J connectivity index is 2.36. The van der Waals surface area contributed by atoms with Crippen LogP contribution in [0.3, 0.4) is 0 Å². The summed E-state index contributed by atoms with van der Waals surface area (Å²) in [5, 5.41) is 14.3. The number of nitrogens with zero attached hydrogens (tertiary/aromatic N) is 3. The summed E-state index contributed by atoms with van der Waals surface area (Å²) in [6, 6.07) is 17.0. The Morgan fingerprint density at radius 1 is 1.19 bits per heavy atom. The van der Waals surface area contributed by atoms with Crippen LogP contribution in [-0.2, 0) is 4.74 Å². The van der Waals surface area contributed by atoms with Gasteiger partial charge in [-0.05, 0) is 36.8 Å². The molecule has 1 heterocycles. The Hall–Kier alpha value is -3.43. The summed E-state index contributed by atoms with van der Waals surface area (Å²) in [6.07, 6.45) is 0.